The van der Waals surface area contributed by atoms with Crippen molar-refractivity contribution >= 4 is 33.4 Å². The predicted octanol–water partition coefficient (Wildman–Crippen LogP) is 5.42. The molecule has 168 valence electrons. The lowest BCUT2D eigenvalue weighted by atomic mass is 10.0. The van der Waals surface area contributed by atoms with E-state index < -0.39 is 0 Å². The first kappa shape index (κ1) is 23.8. The van der Waals surface area contributed by atoms with Crippen molar-refractivity contribution in [2.45, 2.75) is 47.1 Å². The molecule has 0 fully saturated rings. The maximum absolute atomic E-state index is 13.2. The van der Waals surface area contributed by atoms with E-state index in [-0.39, 0.29) is 5.43 Å². The Morgan fingerprint density at radius 3 is 2.03 bits per heavy atom. The van der Waals surface area contributed by atoms with Gasteiger partial charge in [-0.2, -0.15) is 0 Å². The molecule has 0 aliphatic heterocycles. The second-order valence-corrected chi connectivity index (χ2v) is 8.59. The van der Waals surface area contributed by atoms with Gasteiger partial charge in [-0.05, 0) is 81.5 Å². The van der Waals surface area contributed by atoms with E-state index in [1.807, 2.05) is 24.3 Å². The smallest absolute Gasteiger partial charge is 0.197 e. The number of likely N-dealkylation sites (N-methyl/N-ethyl adjacent to an activating group) is 1. The summed E-state index contributed by atoms with van der Waals surface area (Å²) >= 11 is 6.34. The number of pyridine rings is 1. The Morgan fingerprint density at radius 1 is 0.806 bits per heavy atom. The molecule has 0 aliphatic rings. The van der Waals surface area contributed by atoms with E-state index in [4.69, 9.17) is 11.6 Å². The molecule has 4 nitrogen and oxygen atoms in total. The first-order valence-corrected chi connectivity index (χ1v) is 12.1. The maximum Gasteiger partial charge on any atom is 0.197 e. The molecule has 5 heteroatoms. The van der Waals surface area contributed by atoms with Gasteiger partial charge in [0.1, 0.15) is 0 Å². The summed E-state index contributed by atoms with van der Waals surface area (Å²) in [7, 11) is 0. The van der Waals surface area contributed by atoms with Crippen LogP contribution >= 0.6 is 11.6 Å². The van der Waals surface area contributed by atoms with Crippen LogP contribution < -0.4 is 5.43 Å². The van der Waals surface area contributed by atoms with Crippen LogP contribution in [0.25, 0.3) is 21.8 Å². The molecule has 0 N–H and O–H groups in total. The Hall–Kier alpha value is -1.88. The molecule has 1 heterocycles. The van der Waals surface area contributed by atoms with Crippen molar-refractivity contribution in [3.63, 3.8) is 0 Å². The normalized spacial score (nSPS) is 12.0. The number of aryl methyl sites for hydroxylation is 1. The molecule has 0 radical (unpaired) electrons. The third-order valence-electron chi connectivity index (χ3n) is 6.46. The van der Waals surface area contributed by atoms with Gasteiger partial charge >= 0.3 is 0 Å². The molecular weight excluding hydrogens is 406 g/mol. The van der Waals surface area contributed by atoms with Gasteiger partial charge in [-0.15, -0.1) is 0 Å². The van der Waals surface area contributed by atoms with E-state index in [1.165, 1.54) is 5.56 Å². The summed E-state index contributed by atoms with van der Waals surface area (Å²) in [6.07, 6.45) is 2.14. The van der Waals surface area contributed by atoms with Crippen molar-refractivity contribution in [2.24, 2.45) is 0 Å². The molecule has 0 amide bonds. The number of rotatable bonds is 11. The topological polar surface area (TPSA) is 28.5 Å². The number of benzene rings is 2. The molecule has 31 heavy (non-hydrogen) atoms. The minimum Gasteiger partial charge on any atom is -0.339 e. The van der Waals surface area contributed by atoms with Gasteiger partial charge in [0.25, 0.3) is 0 Å². The van der Waals surface area contributed by atoms with Gasteiger partial charge in [0.2, 0.25) is 0 Å². The summed E-state index contributed by atoms with van der Waals surface area (Å²) in [4.78, 5) is 18.1. The number of hydrogen-bond acceptors (Lipinski definition) is 3. The third-order valence-corrected chi connectivity index (χ3v) is 6.70. The molecule has 0 aliphatic carbocycles. The van der Waals surface area contributed by atoms with Crippen LogP contribution in [0.5, 0.6) is 0 Å². The van der Waals surface area contributed by atoms with E-state index in [0.29, 0.717) is 5.02 Å². The number of halogens is 1. The van der Waals surface area contributed by atoms with Crippen molar-refractivity contribution in [3.8, 4) is 0 Å². The van der Waals surface area contributed by atoms with Crippen LogP contribution in [0.15, 0.2) is 41.2 Å². The van der Waals surface area contributed by atoms with Crippen molar-refractivity contribution < 1.29 is 0 Å². The summed E-state index contributed by atoms with van der Waals surface area (Å²) < 4.78 is 2.30. The number of hydrogen-bond donors (Lipinski definition) is 0. The first-order valence-electron chi connectivity index (χ1n) is 11.7. The van der Waals surface area contributed by atoms with Gasteiger partial charge in [0, 0.05) is 28.9 Å². The van der Waals surface area contributed by atoms with Gasteiger partial charge < -0.3 is 14.4 Å². The minimum absolute atomic E-state index is 0.0930. The zero-order valence-corrected chi connectivity index (χ0v) is 20.2. The van der Waals surface area contributed by atoms with Gasteiger partial charge in [-0.3, -0.25) is 4.79 Å². The molecule has 0 saturated heterocycles. The summed E-state index contributed by atoms with van der Waals surface area (Å²) in [5.74, 6) is 0. The fraction of sp³-hybridized carbons (Fsp3) is 0.500. The lowest BCUT2D eigenvalue weighted by Crippen LogP contribution is -2.27. The molecule has 3 aromatic rings. The Morgan fingerprint density at radius 2 is 1.39 bits per heavy atom. The molecule has 1 aromatic heterocycles. The van der Waals surface area contributed by atoms with Gasteiger partial charge in [-0.1, -0.05) is 45.4 Å². The number of aromatic nitrogens is 1. The number of fused-ring (bicyclic) bond motifs is 2. The average Bonchev–Trinajstić information content (AvgIpc) is 2.79. The molecule has 0 bridgehead atoms. The Bertz CT molecular complexity index is 1070. The van der Waals surface area contributed by atoms with Crippen molar-refractivity contribution in [1.29, 1.82) is 0 Å². The van der Waals surface area contributed by atoms with E-state index in [1.54, 1.807) is 0 Å². The highest BCUT2D eigenvalue weighted by atomic mass is 35.5. The monoisotopic (exact) mass is 441 g/mol. The van der Waals surface area contributed by atoms with Crippen LogP contribution in [0.3, 0.4) is 0 Å². The van der Waals surface area contributed by atoms with Crippen LogP contribution in [-0.2, 0) is 13.0 Å². The molecule has 0 unspecified atom stereocenters. The largest absolute Gasteiger partial charge is 0.339 e. The van der Waals surface area contributed by atoms with Crippen LogP contribution in [0, 0.1) is 0 Å². The highest BCUT2D eigenvalue weighted by molar-refractivity contribution is 6.31. The molecule has 2 aromatic carbocycles. The van der Waals surface area contributed by atoms with E-state index in [0.717, 1.165) is 80.5 Å². The fourth-order valence-electron chi connectivity index (χ4n) is 4.41. The summed E-state index contributed by atoms with van der Waals surface area (Å²) in [6.45, 7) is 15.9. The zero-order chi connectivity index (χ0) is 22.4. The van der Waals surface area contributed by atoms with Crippen LogP contribution in [0.4, 0.5) is 0 Å². The highest BCUT2D eigenvalue weighted by Gasteiger charge is 2.13. The quantitative estimate of drug-likeness (QED) is 0.372. The van der Waals surface area contributed by atoms with Gasteiger partial charge in [-0.25, -0.2) is 0 Å². The first-order chi connectivity index (χ1) is 15.0. The maximum atomic E-state index is 13.2. The zero-order valence-electron chi connectivity index (χ0n) is 19.5. The molecule has 3 rings (SSSR count). The Kier molecular flexibility index (Phi) is 8.53. The average molecular weight is 442 g/mol. The SMILES string of the molecule is CCN(CC)CCCc1ccc2c(=O)c3ccc(Cl)cc3n(CCN(CC)CC)c2c1. The van der Waals surface area contributed by atoms with Gasteiger partial charge in [0.15, 0.2) is 5.43 Å². The van der Waals surface area contributed by atoms with E-state index in [9.17, 15) is 4.79 Å². The lowest BCUT2D eigenvalue weighted by Gasteiger charge is -2.22. The highest BCUT2D eigenvalue weighted by Crippen LogP contribution is 2.24. The summed E-state index contributed by atoms with van der Waals surface area (Å²) in [5.41, 5.74) is 3.33. The van der Waals surface area contributed by atoms with E-state index in [2.05, 4.69) is 54.2 Å². The second-order valence-electron chi connectivity index (χ2n) is 8.15. The lowest BCUT2D eigenvalue weighted by molar-refractivity contribution is 0.293. The standard InChI is InChI=1S/C26H36ClN3O/c1-5-28(6-2)15-9-10-20-11-13-22-24(18-20)30(17-16-29(7-3)8-4)25-19-21(27)12-14-23(25)26(22)31/h11-14,18-19H,5-10,15-17H2,1-4H3. The van der Waals surface area contributed by atoms with Gasteiger partial charge in [0.05, 0.1) is 11.0 Å². The second kappa shape index (κ2) is 11.1. The molecular formula is C26H36ClN3O. The molecule has 0 saturated carbocycles. The van der Waals surface area contributed by atoms with Crippen LogP contribution in [0.2, 0.25) is 5.02 Å². The third kappa shape index (κ3) is 5.49. The summed E-state index contributed by atoms with van der Waals surface area (Å²) in [5, 5.41) is 2.20. The fourth-order valence-corrected chi connectivity index (χ4v) is 4.58. The predicted molar refractivity (Wildman–Crippen MR) is 135 cm³/mol. The minimum atomic E-state index is 0.0930. The van der Waals surface area contributed by atoms with E-state index >= 15 is 0 Å². The van der Waals surface area contributed by atoms with Crippen molar-refractivity contribution in [2.75, 3.05) is 39.3 Å². The Labute approximate surface area is 191 Å². The molecule has 0 atom stereocenters. The Balaban J connectivity index is 2.04. The summed E-state index contributed by atoms with van der Waals surface area (Å²) in [6, 6.07) is 12.0. The van der Waals surface area contributed by atoms with Crippen molar-refractivity contribution in [1.82, 2.24) is 14.4 Å². The molecule has 0 spiro atoms. The van der Waals surface area contributed by atoms with Crippen LogP contribution in [-0.4, -0.2) is 53.6 Å². The number of nitrogens with zero attached hydrogens (tertiary/aromatic N) is 3. The van der Waals surface area contributed by atoms with Crippen molar-refractivity contribution in [3.05, 3.63) is 57.2 Å². The van der Waals surface area contributed by atoms with Crippen LogP contribution in [0.1, 0.15) is 39.7 Å².